The number of nitrogens with two attached hydrogens (primary N) is 1. The molecule has 0 aliphatic carbocycles. The number of rotatable bonds is 5. The van der Waals surface area contributed by atoms with E-state index in [9.17, 15) is 10.1 Å². The van der Waals surface area contributed by atoms with Crippen molar-refractivity contribution in [3.05, 3.63) is 15.8 Å². The van der Waals surface area contributed by atoms with E-state index in [1.54, 1.807) is 18.9 Å². The smallest absolute Gasteiger partial charge is 0.332 e. The average molecular weight is 265 g/mol. The highest BCUT2D eigenvalue weighted by Gasteiger charge is 2.25. The summed E-state index contributed by atoms with van der Waals surface area (Å²) in [6.45, 7) is 3.54. The number of nitriles is 1. The van der Waals surface area contributed by atoms with Gasteiger partial charge in [-0.15, -0.1) is 0 Å². The van der Waals surface area contributed by atoms with Gasteiger partial charge in [0.25, 0.3) is 0 Å². The predicted molar refractivity (Wildman–Crippen MR) is 69.3 cm³/mol. The second-order valence-corrected chi connectivity index (χ2v) is 4.12. The lowest BCUT2D eigenvalue weighted by Crippen LogP contribution is -2.26. The monoisotopic (exact) mass is 265 g/mol. The fourth-order valence-corrected chi connectivity index (χ4v) is 1.63. The largest absolute Gasteiger partial charge is 0.352 e. The van der Waals surface area contributed by atoms with Gasteiger partial charge in [-0.05, 0) is 13.8 Å². The third kappa shape index (κ3) is 3.26. The molecule has 9 heteroatoms. The van der Waals surface area contributed by atoms with Crippen LogP contribution in [0, 0.1) is 34.3 Å². The molecule has 0 amide bonds. The van der Waals surface area contributed by atoms with Crippen LogP contribution in [0.15, 0.2) is 0 Å². The number of hydrogen-bond acceptors (Lipinski definition) is 8. The van der Waals surface area contributed by atoms with Crippen LogP contribution in [0.4, 0.5) is 17.5 Å². The van der Waals surface area contributed by atoms with Gasteiger partial charge in [-0.3, -0.25) is 15.5 Å². The van der Waals surface area contributed by atoms with E-state index >= 15 is 0 Å². The first kappa shape index (κ1) is 14.6. The second kappa shape index (κ2) is 5.92. The van der Waals surface area contributed by atoms with Gasteiger partial charge in [-0.1, -0.05) is 0 Å². The van der Waals surface area contributed by atoms with Crippen LogP contribution in [0.5, 0.6) is 0 Å². The van der Waals surface area contributed by atoms with Crippen molar-refractivity contribution in [1.29, 1.82) is 5.26 Å². The van der Waals surface area contributed by atoms with Crippen molar-refractivity contribution in [3.8, 4) is 6.07 Å². The van der Waals surface area contributed by atoms with Crippen molar-refractivity contribution in [2.45, 2.75) is 13.8 Å². The van der Waals surface area contributed by atoms with Crippen LogP contribution < -0.4 is 16.2 Å². The lowest BCUT2D eigenvalue weighted by molar-refractivity contribution is -0.385. The zero-order valence-electron chi connectivity index (χ0n) is 10.9. The molecule has 1 aromatic rings. The minimum Gasteiger partial charge on any atom is -0.352 e. The van der Waals surface area contributed by atoms with E-state index in [0.29, 0.717) is 6.54 Å². The number of aryl methyl sites for hydroxylation is 1. The minimum atomic E-state index is -0.543. The van der Waals surface area contributed by atoms with Gasteiger partial charge in [0.15, 0.2) is 0 Å². The van der Waals surface area contributed by atoms with Crippen molar-refractivity contribution in [1.82, 2.24) is 9.97 Å². The van der Waals surface area contributed by atoms with Gasteiger partial charge in [-0.25, -0.2) is 10.8 Å². The molecule has 9 nitrogen and oxygen atoms in total. The van der Waals surface area contributed by atoms with E-state index in [4.69, 9.17) is 11.1 Å². The van der Waals surface area contributed by atoms with Gasteiger partial charge in [0.1, 0.15) is 5.69 Å². The molecule has 19 heavy (non-hydrogen) atoms. The Labute approximate surface area is 110 Å². The lowest BCUT2D eigenvalue weighted by Gasteiger charge is -2.19. The number of hydrazine groups is 1. The first-order valence-corrected chi connectivity index (χ1v) is 5.51. The van der Waals surface area contributed by atoms with E-state index in [1.165, 1.54) is 6.92 Å². The molecule has 102 valence electrons. The molecule has 1 unspecified atom stereocenters. The zero-order chi connectivity index (χ0) is 14.6. The molecule has 3 N–H and O–H groups in total. The van der Waals surface area contributed by atoms with Gasteiger partial charge < -0.3 is 4.90 Å². The quantitative estimate of drug-likeness (QED) is 0.448. The number of anilines is 2. The maximum absolute atomic E-state index is 11.1. The Morgan fingerprint density at radius 1 is 1.63 bits per heavy atom. The Balaban J connectivity index is 3.27. The molecule has 1 heterocycles. The summed E-state index contributed by atoms with van der Waals surface area (Å²) in [7, 11) is 1.63. The highest BCUT2D eigenvalue weighted by molar-refractivity contribution is 5.62. The van der Waals surface area contributed by atoms with Crippen molar-refractivity contribution < 1.29 is 4.92 Å². The van der Waals surface area contributed by atoms with E-state index in [2.05, 4.69) is 21.5 Å². The molecular formula is C10H15N7O2. The molecular weight excluding hydrogens is 250 g/mol. The second-order valence-electron chi connectivity index (χ2n) is 4.12. The summed E-state index contributed by atoms with van der Waals surface area (Å²) in [6, 6.07) is 2.06. The number of aromatic nitrogens is 2. The van der Waals surface area contributed by atoms with Crippen molar-refractivity contribution in [2.75, 3.05) is 23.9 Å². The fourth-order valence-electron chi connectivity index (χ4n) is 1.63. The highest BCUT2D eigenvalue weighted by Crippen LogP contribution is 2.29. The molecule has 0 saturated heterocycles. The van der Waals surface area contributed by atoms with Crippen LogP contribution in [0.1, 0.15) is 12.6 Å². The number of nitrogens with zero attached hydrogens (tertiary/aromatic N) is 5. The molecule has 0 fully saturated rings. The Morgan fingerprint density at radius 3 is 2.74 bits per heavy atom. The van der Waals surface area contributed by atoms with E-state index in [-0.39, 0.29) is 29.1 Å². The Morgan fingerprint density at radius 2 is 2.26 bits per heavy atom. The molecule has 0 spiro atoms. The SMILES string of the molecule is Cc1nc(NN)nc(N(C)CC(C)C#N)c1[N+](=O)[O-]. The summed E-state index contributed by atoms with van der Waals surface area (Å²) in [4.78, 5) is 19.9. The Bertz CT molecular complexity index is 525. The third-order valence-corrected chi connectivity index (χ3v) is 2.48. The fraction of sp³-hybridized carbons (Fsp3) is 0.500. The lowest BCUT2D eigenvalue weighted by atomic mass is 10.2. The highest BCUT2D eigenvalue weighted by atomic mass is 16.6. The number of nitrogens with one attached hydrogen (secondary N) is 1. The Hall–Kier alpha value is -2.47. The summed E-state index contributed by atoms with van der Waals surface area (Å²) in [5.41, 5.74) is 2.28. The zero-order valence-corrected chi connectivity index (χ0v) is 10.9. The van der Waals surface area contributed by atoms with Gasteiger partial charge in [0.2, 0.25) is 11.8 Å². The van der Waals surface area contributed by atoms with Gasteiger partial charge in [-0.2, -0.15) is 10.2 Å². The molecule has 0 radical (unpaired) electrons. The molecule has 0 bridgehead atoms. The molecule has 1 atom stereocenters. The van der Waals surface area contributed by atoms with Crippen LogP contribution in [0.2, 0.25) is 0 Å². The first-order valence-electron chi connectivity index (χ1n) is 5.51. The maximum atomic E-state index is 11.1. The maximum Gasteiger partial charge on any atom is 0.332 e. The standard InChI is InChI=1S/C10H15N7O2/c1-6(4-11)5-16(3)9-8(17(18)19)7(2)13-10(14-9)15-12/h6H,5,12H2,1-3H3,(H,13,14,15). The van der Waals surface area contributed by atoms with Crippen LogP contribution in [-0.2, 0) is 0 Å². The summed E-state index contributed by atoms with van der Waals surface area (Å²) in [5, 5.41) is 19.9. The number of hydrogen-bond donors (Lipinski definition) is 2. The van der Waals surface area contributed by atoms with E-state index in [1.807, 2.05) is 0 Å². The van der Waals surface area contributed by atoms with Crippen LogP contribution in [-0.4, -0.2) is 28.5 Å². The van der Waals surface area contributed by atoms with Gasteiger partial charge in [0.05, 0.1) is 16.9 Å². The molecule has 0 aliphatic heterocycles. The normalized spacial score (nSPS) is 11.5. The van der Waals surface area contributed by atoms with Crippen LogP contribution in [0.25, 0.3) is 0 Å². The van der Waals surface area contributed by atoms with Crippen molar-refractivity contribution in [2.24, 2.45) is 11.8 Å². The first-order chi connectivity index (χ1) is 8.90. The van der Waals surface area contributed by atoms with Gasteiger partial charge >= 0.3 is 5.69 Å². The average Bonchev–Trinajstić information content (AvgIpc) is 2.36. The summed E-state index contributed by atoms with van der Waals surface area (Å²) >= 11 is 0. The molecule has 0 aliphatic rings. The predicted octanol–water partition coefficient (Wildman–Crippen LogP) is 0.575. The number of nitro groups is 1. The van der Waals surface area contributed by atoms with E-state index in [0.717, 1.165) is 0 Å². The minimum absolute atomic E-state index is 0.0922. The number of nitrogen functional groups attached to an aromatic ring is 1. The van der Waals surface area contributed by atoms with E-state index < -0.39 is 4.92 Å². The summed E-state index contributed by atoms with van der Waals surface area (Å²) in [5.74, 6) is 5.17. The summed E-state index contributed by atoms with van der Waals surface area (Å²) in [6.07, 6.45) is 0. The molecule has 0 aromatic carbocycles. The van der Waals surface area contributed by atoms with Crippen LogP contribution >= 0.6 is 0 Å². The van der Waals surface area contributed by atoms with Crippen LogP contribution in [0.3, 0.4) is 0 Å². The van der Waals surface area contributed by atoms with Crippen molar-refractivity contribution >= 4 is 17.5 Å². The molecule has 0 saturated carbocycles. The topological polar surface area (TPSA) is 134 Å². The van der Waals surface area contributed by atoms with Crippen molar-refractivity contribution in [3.63, 3.8) is 0 Å². The molecule has 1 aromatic heterocycles. The summed E-state index contributed by atoms with van der Waals surface area (Å²) < 4.78 is 0. The third-order valence-electron chi connectivity index (χ3n) is 2.48. The van der Waals surface area contributed by atoms with Gasteiger partial charge in [0, 0.05) is 13.6 Å². The Kier molecular flexibility index (Phi) is 4.55. The molecule has 1 rings (SSSR count).